The molecule has 0 aromatic heterocycles. The van der Waals surface area contributed by atoms with Crippen LogP contribution < -0.4 is 10.6 Å². The van der Waals surface area contributed by atoms with Crippen LogP contribution in [0.2, 0.25) is 0 Å². The number of rotatable bonds is 5. The maximum Gasteiger partial charge on any atom is 0.238 e. The van der Waals surface area contributed by atoms with Crippen LogP contribution in [0.3, 0.4) is 0 Å². The standard InChI is InChI=1S/C12H16N2O4S/c1-19(17,18)9-4-5-11(15)10(6-9)14-12(16)7-13-8-2-3-8/h4-6,8,13,15H,2-3,7H2,1H3,(H,14,16). The lowest BCUT2D eigenvalue weighted by Crippen LogP contribution is -2.29. The number of carbonyl (C=O) groups is 1. The number of hydrogen-bond acceptors (Lipinski definition) is 5. The van der Waals surface area contributed by atoms with Gasteiger partial charge in [-0.05, 0) is 31.0 Å². The summed E-state index contributed by atoms with van der Waals surface area (Å²) >= 11 is 0. The first-order chi connectivity index (χ1) is 8.86. The van der Waals surface area contributed by atoms with E-state index in [1.807, 2.05) is 0 Å². The van der Waals surface area contributed by atoms with E-state index in [-0.39, 0.29) is 28.8 Å². The van der Waals surface area contributed by atoms with Crippen molar-refractivity contribution in [2.45, 2.75) is 23.8 Å². The molecule has 0 radical (unpaired) electrons. The smallest absolute Gasteiger partial charge is 0.238 e. The number of phenols is 1. The minimum absolute atomic E-state index is 0.0516. The van der Waals surface area contributed by atoms with Crippen molar-refractivity contribution in [1.82, 2.24) is 5.32 Å². The van der Waals surface area contributed by atoms with E-state index in [0.717, 1.165) is 19.1 Å². The lowest BCUT2D eigenvalue weighted by atomic mass is 10.3. The Bertz CT molecular complexity index is 594. The Morgan fingerprint density at radius 3 is 2.68 bits per heavy atom. The lowest BCUT2D eigenvalue weighted by molar-refractivity contribution is -0.115. The van der Waals surface area contributed by atoms with Crippen LogP contribution in [0.5, 0.6) is 5.75 Å². The van der Waals surface area contributed by atoms with Gasteiger partial charge in [0.1, 0.15) is 5.75 Å². The minimum atomic E-state index is -3.37. The molecule has 0 heterocycles. The van der Waals surface area contributed by atoms with E-state index >= 15 is 0 Å². The average Bonchev–Trinajstić information content (AvgIpc) is 3.12. The van der Waals surface area contributed by atoms with Gasteiger partial charge >= 0.3 is 0 Å². The van der Waals surface area contributed by atoms with Gasteiger partial charge in [0, 0.05) is 12.3 Å². The Labute approximate surface area is 111 Å². The Morgan fingerprint density at radius 2 is 2.11 bits per heavy atom. The van der Waals surface area contributed by atoms with Crippen molar-refractivity contribution >= 4 is 21.4 Å². The molecule has 1 aliphatic rings. The number of sulfone groups is 1. The third kappa shape index (κ3) is 3.93. The zero-order chi connectivity index (χ0) is 14.0. The maximum atomic E-state index is 11.6. The third-order valence-corrected chi connectivity index (χ3v) is 3.91. The van der Waals surface area contributed by atoms with Crippen LogP contribution in [0.4, 0.5) is 5.69 Å². The van der Waals surface area contributed by atoms with Crippen molar-refractivity contribution in [2.75, 3.05) is 18.1 Å². The van der Waals surface area contributed by atoms with Crippen molar-refractivity contribution in [3.8, 4) is 5.75 Å². The highest BCUT2D eigenvalue weighted by Gasteiger charge is 2.21. The molecule has 3 N–H and O–H groups in total. The van der Waals surface area contributed by atoms with Crippen LogP contribution >= 0.6 is 0 Å². The molecule has 0 atom stereocenters. The zero-order valence-electron chi connectivity index (χ0n) is 10.5. The second-order valence-electron chi connectivity index (χ2n) is 4.65. The molecule has 1 aliphatic carbocycles. The van der Waals surface area contributed by atoms with E-state index in [1.54, 1.807) is 0 Å². The van der Waals surface area contributed by atoms with Crippen LogP contribution in [0.25, 0.3) is 0 Å². The number of carbonyl (C=O) groups excluding carboxylic acids is 1. The predicted molar refractivity (Wildman–Crippen MR) is 70.9 cm³/mol. The number of benzene rings is 1. The van der Waals surface area contributed by atoms with Crippen LogP contribution in [-0.2, 0) is 14.6 Å². The summed E-state index contributed by atoms with van der Waals surface area (Å²) in [6.45, 7) is 0.146. The first-order valence-corrected chi connectivity index (χ1v) is 7.82. The summed E-state index contributed by atoms with van der Waals surface area (Å²) in [4.78, 5) is 11.7. The molecule has 0 unspecified atom stereocenters. The maximum absolute atomic E-state index is 11.6. The van der Waals surface area contributed by atoms with E-state index in [2.05, 4.69) is 10.6 Å². The fraction of sp³-hybridized carbons (Fsp3) is 0.417. The second-order valence-corrected chi connectivity index (χ2v) is 6.67. The highest BCUT2D eigenvalue weighted by atomic mass is 32.2. The molecular weight excluding hydrogens is 268 g/mol. The lowest BCUT2D eigenvalue weighted by Gasteiger charge is -2.09. The SMILES string of the molecule is CS(=O)(=O)c1ccc(O)c(NC(=O)CNC2CC2)c1. The fourth-order valence-electron chi connectivity index (χ4n) is 1.56. The summed E-state index contributed by atoms with van der Waals surface area (Å²) in [7, 11) is -3.37. The van der Waals surface area contributed by atoms with Gasteiger partial charge in [-0.2, -0.15) is 0 Å². The van der Waals surface area contributed by atoms with E-state index in [9.17, 15) is 18.3 Å². The van der Waals surface area contributed by atoms with E-state index in [4.69, 9.17) is 0 Å². The monoisotopic (exact) mass is 284 g/mol. The molecule has 0 spiro atoms. The Hall–Kier alpha value is -1.60. The molecule has 1 aromatic rings. The van der Waals surface area contributed by atoms with Gasteiger partial charge in [-0.25, -0.2) is 8.42 Å². The van der Waals surface area contributed by atoms with Crippen LogP contribution in [0.1, 0.15) is 12.8 Å². The van der Waals surface area contributed by atoms with Crippen molar-refractivity contribution < 1.29 is 18.3 Å². The number of hydrogen-bond donors (Lipinski definition) is 3. The van der Waals surface area contributed by atoms with Crippen molar-refractivity contribution in [1.29, 1.82) is 0 Å². The van der Waals surface area contributed by atoms with Gasteiger partial charge in [0.25, 0.3) is 0 Å². The van der Waals surface area contributed by atoms with Gasteiger partial charge in [-0.3, -0.25) is 4.79 Å². The Kier molecular flexibility index (Phi) is 3.77. The number of aromatic hydroxyl groups is 1. The molecular formula is C12H16N2O4S. The molecule has 1 amide bonds. The Balaban J connectivity index is 2.07. The molecule has 2 rings (SSSR count). The topological polar surface area (TPSA) is 95.5 Å². The number of anilines is 1. The molecule has 7 heteroatoms. The van der Waals surface area contributed by atoms with Crippen molar-refractivity contribution in [2.24, 2.45) is 0 Å². The molecule has 1 fully saturated rings. The van der Waals surface area contributed by atoms with Gasteiger partial charge in [0.2, 0.25) is 5.91 Å². The minimum Gasteiger partial charge on any atom is -0.506 e. The quantitative estimate of drug-likeness (QED) is 0.684. The predicted octanol–water partition coefficient (Wildman–Crippen LogP) is 0.486. The van der Waals surface area contributed by atoms with E-state index in [1.165, 1.54) is 18.2 Å². The van der Waals surface area contributed by atoms with Crippen LogP contribution in [-0.4, -0.2) is 38.3 Å². The largest absolute Gasteiger partial charge is 0.506 e. The summed E-state index contributed by atoms with van der Waals surface area (Å²) < 4.78 is 22.8. The summed E-state index contributed by atoms with van der Waals surface area (Å²) in [6, 6.07) is 4.20. The average molecular weight is 284 g/mol. The van der Waals surface area contributed by atoms with Crippen LogP contribution in [0.15, 0.2) is 23.1 Å². The van der Waals surface area contributed by atoms with Gasteiger partial charge in [-0.15, -0.1) is 0 Å². The van der Waals surface area contributed by atoms with E-state index < -0.39 is 9.84 Å². The molecule has 1 saturated carbocycles. The highest BCUT2D eigenvalue weighted by molar-refractivity contribution is 7.90. The summed E-state index contributed by atoms with van der Waals surface area (Å²) in [6.07, 6.45) is 3.21. The van der Waals surface area contributed by atoms with Crippen LogP contribution in [0, 0.1) is 0 Å². The summed E-state index contributed by atoms with van der Waals surface area (Å²) in [5, 5.41) is 15.1. The first-order valence-electron chi connectivity index (χ1n) is 5.92. The number of phenolic OH excluding ortho intramolecular Hbond substituents is 1. The molecule has 19 heavy (non-hydrogen) atoms. The van der Waals surface area contributed by atoms with E-state index in [0.29, 0.717) is 6.04 Å². The molecule has 0 saturated heterocycles. The highest BCUT2D eigenvalue weighted by Crippen LogP contribution is 2.26. The first kappa shape index (κ1) is 13.8. The number of amides is 1. The molecule has 6 nitrogen and oxygen atoms in total. The normalized spacial score (nSPS) is 15.2. The van der Waals surface area contributed by atoms with Gasteiger partial charge in [0.05, 0.1) is 17.1 Å². The summed E-state index contributed by atoms with van der Waals surface area (Å²) in [5.41, 5.74) is 0.102. The Morgan fingerprint density at radius 1 is 1.42 bits per heavy atom. The zero-order valence-corrected chi connectivity index (χ0v) is 11.3. The molecule has 0 bridgehead atoms. The van der Waals surface area contributed by atoms with Gasteiger partial charge < -0.3 is 15.7 Å². The fourth-order valence-corrected chi connectivity index (χ4v) is 2.21. The van der Waals surface area contributed by atoms with Crippen molar-refractivity contribution in [3.05, 3.63) is 18.2 Å². The van der Waals surface area contributed by atoms with Crippen molar-refractivity contribution in [3.63, 3.8) is 0 Å². The third-order valence-electron chi connectivity index (χ3n) is 2.80. The molecule has 1 aromatic carbocycles. The number of nitrogens with one attached hydrogen (secondary N) is 2. The molecule has 104 valence electrons. The van der Waals surface area contributed by atoms with Gasteiger partial charge in [-0.1, -0.05) is 0 Å². The van der Waals surface area contributed by atoms with Gasteiger partial charge in [0.15, 0.2) is 9.84 Å². The second kappa shape index (κ2) is 5.18. The molecule has 0 aliphatic heterocycles. The summed E-state index contributed by atoms with van der Waals surface area (Å²) in [5.74, 6) is -0.472.